The van der Waals surface area contributed by atoms with Gasteiger partial charge in [-0.2, -0.15) is 5.26 Å². The topological polar surface area (TPSA) is 45.1 Å². The zero-order valence-electron chi connectivity index (χ0n) is 35.1. The molecule has 1 aliphatic carbocycles. The van der Waals surface area contributed by atoms with Crippen LogP contribution in [0.1, 0.15) is 38.9 Å². The SMILES string of the molecule is Cc1ccc(N(c2cc3c(c4ccccc24)-c2c(ccc4ccccc24)C32c3ccccc3-n3c4ccccc4c4cccc2c43)c2cccc3c2oc2c(C#N)cccc23)c(C)c1. The maximum absolute atomic E-state index is 10.2. The van der Waals surface area contributed by atoms with Crippen molar-refractivity contribution in [2.24, 2.45) is 0 Å². The van der Waals surface area contributed by atoms with Gasteiger partial charge in [0.1, 0.15) is 6.07 Å². The monoisotopic (exact) mass is 815 g/mol. The second kappa shape index (κ2) is 12.6. The van der Waals surface area contributed by atoms with Crippen molar-refractivity contribution in [2.45, 2.75) is 19.3 Å². The van der Waals surface area contributed by atoms with Crippen LogP contribution in [0.4, 0.5) is 17.1 Å². The molecule has 14 rings (SSSR count). The molecule has 298 valence electrons. The van der Waals surface area contributed by atoms with Gasteiger partial charge in [0, 0.05) is 32.6 Å². The van der Waals surface area contributed by atoms with Crippen molar-refractivity contribution < 1.29 is 4.42 Å². The Labute approximate surface area is 369 Å². The van der Waals surface area contributed by atoms with Gasteiger partial charge in [-0.15, -0.1) is 0 Å². The first-order valence-corrected chi connectivity index (χ1v) is 22.0. The number of anilines is 3. The Bertz CT molecular complexity index is 4080. The highest BCUT2D eigenvalue weighted by molar-refractivity contribution is 6.20. The lowest BCUT2D eigenvalue weighted by molar-refractivity contribution is 0.668. The summed E-state index contributed by atoms with van der Waals surface area (Å²) < 4.78 is 9.41. The van der Waals surface area contributed by atoms with E-state index >= 15 is 0 Å². The van der Waals surface area contributed by atoms with E-state index in [0.717, 1.165) is 44.4 Å². The fourth-order valence-electron chi connectivity index (χ4n) is 11.9. The van der Waals surface area contributed by atoms with Gasteiger partial charge in [-0.05, 0) is 105 Å². The van der Waals surface area contributed by atoms with Crippen LogP contribution >= 0.6 is 0 Å². The predicted molar refractivity (Wildman–Crippen MR) is 263 cm³/mol. The van der Waals surface area contributed by atoms with Crippen molar-refractivity contribution in [1.29, 1.82) is 5.26 Å². The molecule has 2 aromatic heterocycles. The van der Waals surface area contributed by atoms with E-state index in [1.165, 1.54) is 82.6 Å². The maximum Gasteiger partial charge on any atom is 0.159 e. The Morgan fingerprint density at radius 3 is 2.02 bits per heavy atom. The molecule has 1 unspecified atom stereocenters. The molecule has 0 N–H and O–H groups in total. The number of furan rings is 1. The third-order valence-electron chi connectivity index (χ3n) is 14.4. The number of benzene rings is 10. The number of aromatic nitrogens is 1. The Balaban J connectivity index is 1.20. The van der Waals surface area contributed by atoms with Crippen molar-refractivity contribution in [3.63, 3.8) is 0 Å². The summed E-state index contributed by atoms with van der Waals surface area (Å²) in [6.07, 6.45) is 0. The summed E-state index contributed by atoms with van der Waals surface area (Å²) in [6, 6.07) is 71.4. The van der Waals surface area contributed by atoms with Gasteiger partial charge in [0.2, 0.25) is 0 Å². The summed E-state index contributed by atoms with van der Waals surface area (Å²) in [5.41, 5.74) is 17.9. The molecule has 1 aliphatic heterocycles. The number of rotatable bonds is 3. The van der Waals surface area contributed by atoms with Crippen LogP contribution < -0.4 is 4.90 Å². The lowest BCUT2D eigenvalue weighted by Crippen LogP contribution is -2.33. The summed E-state index contributed by atoms with van der Waals surface area (Å²) in [5.74, 6) is 0. The molecule has 1 atom stereocenters. The smallest absolute Gasteiger partial charge is 0.159 e. The molecule has 0 saturated heterocycles. The second-order valence-electron chi connectivity index (χ2n) is 17.6. The van der Waals surface area contributed by atoms with Gasteiger partial charge >= 0.3 is 0 Å². The van der Waals surface area contributed by atoms with Crippen LogP contribution in [0.15, 0.2) is 192 Å². The van der Waals surface area contributed by atoms with Crippen LogP contribution in [0.3, 0.4) is 0 Å². The van der Waals surface area contributed by atoms with Crippen LogP contribution in [0.5, 0.6) is 0 Å². The fourth-order valence-corrected chi connectivity index (χ4v) is 11.9. The zero-order valence-corrected chi connectivity index (χ0v) is 35.1. The number of para-hydroxylation sites is 5. The summed E-state index contributed by atoms with van der Waals surface area (Å²) >= 11 is 0. The molecule has 0 fully saturated rings. The molecule has 0 amide bonds. The number of nitriles is 1. The molecule has 2 aliphatic rings. The first-order chi connectivity index (χ1) is 31.6. The van der Waals surface area contributed by atoms with Crippen molar-refractivity contribution >= 4 is 82.4 Å². The van der Waals surface area contributed by atoms with Gasteiger partial charge in [0.05, 0.1) is 39.1 Å². The first-order valence-electron chi connectivity index (χ1n) is 22.0. The highest BCUT2D eigenvalue weighted by Gasteiger charge is 2.52. The molecular formula is C60H37N3O. The van der Waals surface area contributed by atoms with E-state index in [2.05, 4.69) is 205 Å². The van der Waals surface area contributed by atoms with Gasteiger partial charge in [-0.25, -0.2) is 0 Å². The summed E-state index contributed by atoms with van der Waals surface area (Å²) in [6.45, 7) is 4.36. The number of hydrogen-bond donors (Lipinski definition) is 0. The number of hydrogen-bond acceptors (Lipinski definition) is 3. The predicted octanol–water partition coefficient (Wildman–Crippen LogP) is 15.6. The molecule has 12 aromatic rings. The normalized spacial score (nSPS) is 14.8. The molecule has 4 heteroatoms. The van der Waals surface area contributed by atoms with Gasteiger partial charge in [0.15, 0.2) is 11.2 Å². The van der Waals surface area contributed by atoms with Crippen LogP contribution in [-0.2, 0) is 5.41 Å². The van der Waals surface area contributed by atoms with Gasteiger partial charge < -0.3 is 13.9 Å². The minimum Gasteiger partial charge on any atom is -0.452 e. The van der Waals surface area contributed by atoms with Gasteiger partial charge in [0.25, 0.3) is 0 Å². The average Bonchev–Trinajstić information content (AvgIpc) is 3.99. The molecule has 0 bridgehead atoms. The Kier molecular flexibility index (Phi) is 6.94. The summed E-state index contributed by atoms with van der Waals surface area (Å²) in [5, 5.41) is 19.4. The molecular weight excluding hydrogens is 779 g/mol. The summed E-state index contributed by atoms with van der Waals surface area (Å²) in [4.78, 5) is 2.43. The van der Waals surface area contributed by atoms with E-state index < -0.39 is 5.41 Å². The highest BCUT2D eigenvalue weighted by Crippen LogP contribution is 2.64. The highest BCUT2D eigenvalue weighted by atomic mass is 16.3. The largest absolute Gasteiger partial charge is 0.452 e. The Morgan fingerprint density at radius 1 is 0.484 bits per heavy atom. The van der Waals surface area contributed by atoms with Crippen LogP contribution in [-0.4, -0.2) is 4.57 Å². The van der Waals surface area contributed by atoms with Gasteiger partial charge in [-0.1, -0.05) is 157 Å². The molecule has 3 heterocycles. The third-order valence-corrected chi connectivity index (χ3v) is 14.4. The van der Waals surface area contributed by atoms with E-state index in [9.17, 15) is 5.26 Å². The van der Waals surface area contributed by atoms with Crippen LogP contribution in [0, 0.1) is 25.2 Å². The Hall–Kier alpha value is -8.39. The van der Waals surface area contributed by atoms with E-state index in [1.54, 1.807) is 0 Å². The number of nitrogens with zero attached hydrogens (tertiary/aromatic N) is 3. The molecule has 64 heavy (non-hydrogen) atoms. The van der Waals surface area contributed by atoms with Crippen LogP contribution in [0.2, 0.25) is 0 Å². The number of aryl methyl sites for hydroxylation is 2. The maximum atomic E-state index is 10.2. The molecule has 0 radical (unpaired) electrons. The minimum absolute atomic E-state index is 0.523. The van der Waals surface area contributed by atoms with E-state index in [4.69, 9.17) is 4.42 Å². The lowest BCUT2D eigenvalue weighted by atomic mass is 9.65. The summed E-state index contributed by atoms with van der Waals surface area (Å²) in [7, 11) is 0. The third kappa shape index (κ3) is 4.31. The standard InChI is InChI=1S/C60H37N3O/c1-35-28-31-50(36(2)32-35)62(53-27-13-22-45-44-21-11-15-38(34-61)58(44)64-59(45)53)54-33-49-56(42-19-6-5-17-40(42)54)55-39-16-4-3-14-37(39)29-30-47(55)60(49)46-23-8-10-26-52(46)63-51-25-9-7-18-41(51)43-20-12-24-48(60)57(43)63/h3-33H,1-2H3. The molecule has 0 saturated carbocycles. The molecule has 10 aromatic carbocycles. The number of fused-ring (bicyclic) bond motifs is 19. The van der Waals surface area contributed by atoms with Crippen LogP contribution in [0.25, 0.3) is 82.1 Å². The van der Waals surface area contributed by atoms with E-state index in [-0.39, 0.29) is 0 Å². The van der Waals surface area contributed by atoms with Crippen molar-refractivity contribution in [1.82, 2.24) is 4.57 Å². The second-order valence-corrected chi connectivity index (χ2v) is 17.6. The molecule has 1 spiro atoms. The Morgan fingerprint density at radius 2 is 1.16 bits per heavy atom. The van der Waals surface area contributed by atoms with Crippen molar-refractivity contribution in [2.75, 3.05) is 4.90 Å². The van der Waals surface area contributed by atoms with Crippen molar-refractivity contribution in [3.8, 4) is 22.9 Å². The van der Waals surface area contributed by atoms with E-state index in [0.29, 0.717) is 11.1 Å². The molecule has 4 nitrogen and oxygen atoms in total. The fraction of sp³-hybridized carbons (Fsp3) is 0.0500. The zero-order chi connectivity index (χ0) is 42.4. The first kappa shape index (κ1) is 35.2. The van der Waals surface area contributed by atoms with E-state index in [1.807, 2.05) is 12.1 Å². The lowest BCUT2D eigenvalue weighted by Gasteiger charge is -2.40. The average molecular weight is 816 g/mol. The van der Waals surface area contributed by atoms with Gasteiger partial charge in [-0.3, -0.25) is 0 Å². The minimum atomic E-state index is -0.685. The van der Waals surface area contributed by atoms with Crippen molar-refractivity contribution in [3.05, 3.63) is 227 Å². The quantitative estimate of drug-likeness (QED) is 0.178.